The molecular formula is C23H22N4O2S. The van der Waals surface area contributed by atoms with Crippen molar-refractivity contribution in [3.63, 3.8) is 0 Å². The zero-order valence-corrected chi connectivity index (χ0v) is 17.5. The molecule has 152 valence electrons. The fraction of sp³-hybridized carbons (Fsp3) is 0.174. The average Bonchev–Trinajstić information content (AvgIpc) is 3.34. The van der Waals surface area contributed by atoms with E-state index in [1.54, 1.807) is 0 Å². The lowest BCUT2D eigenvalue weighted by Gasteiger charge is -2.18. The van der Waals surface area contributed by atoms with Crippen molar-refractivity contribution >= 4 is 39.2 Å². The number of fused-ring (bicyclic) bond motifs is 1. The maximum Gasteiger partial charge on any atom is 0.228 e. The summed E-state index contributed by atoms with van der Waals surface area (Å²) in [7, 11) is 0. The van der Waals surface area contributed by atoms with Crippen LogP contribution in [0.4, 0.5) is 5.13 Å². The minimum absolute atomic E-state index is 0.130. The molecule has 0 saturated heterocycles. The van der Waals surface area contributed by atoms with Crippen molar-refractivity contribution < 1.29 is 9.59 Å². The van der Waals surface area contributed by atoms with E-state index in [4.69, 9.17) is 0 Å². The normalized spacial score (nSPS) is 11.9. The van der Waals surface area contributed by atoms with Crippen LogP contribution >= 0.6 is 11.3 Å². The van der Waals surface area contributed by atoms with Gasteiger partial charge in [-0.15, -0.1) is 11.3 Å². The number of para-hydroxylation sites is 1. The average molecular weight is 419 g/mol. The highest BCUT2D eigenvalue weighted by molar-refractivity contribution is 7.14. The number of anilines is 1. The number of carbonyl (C=O) groups is 2. The molecule has 0 saturated carbocycles. The van der Waals surface area contributed by atoms with Crippen LogP contribution in [0.2, 0.25) is 0 Å². The largest absolute Gasteiger partial charge is 0.360 e. The van der Waals surface area contributed by atoms with Crippen LogP contribution < -0.4 is 10.6 Å². The highest BCUT2D eigenvalue weighted by atomic mass is 32.1. The lowest BCUT2D eigenvalue weighted by Crippen LogP contribution is -2.29. The Kier molecular flexibility index (Phi) is 5.63. The fourth-order valence-corrected chi connectivity index (χ4v) is 4.12. The Bertz CT molecular complexity index is 1190. The molecule has 30 heavy (non-hydrogen) atoms. The molecule has 0 radical (unpaired) electrons. The SMILES string of the molecule is CC(=O)NC(CC(=O)Nc1nc(-c2c[nH]c3ccccc23)cs1)c1ccc(C)cc1. The topological polar surface area (TPSA) is 86.9 Å². The number of nitrogens with zero attached hydrogens (tertiary/aromatic N) is 1. The Morgan fingerprint density at radius 1 is 1.13 bits per heavy atom. The van der Waals surface area contributed by atoms with Crippen LogP contribution in [0, 0.1) is 6.92 Å². The number of thiazole rings is 1. The number of aromatic amines is 1. The van der Waals surface area contributed by atoms with Gasteiger partial charge in [-0.05, 0) is 18.6 Å². The van der Waals surface area contributed by atoms with Crippen LogP contribution in [0.3, 0.4) is 0 Å². The van der Waals surface area contributed by atoms with E-state index in [-0.39, 0.29) is 18.2 Å². The lowest BCUT2D eigenvalue weighted by atomic mass is 10.0. The Morgan fingerprint density at radius 2 is 1.90 bits per heavy atom. The number of hydrogen-bond acceptors (Lipinski definition) is 4. The van der Waals surface area contributed by atoms with E-state index in [0.717, 1.165) is 33.3 Å². The quantitative estimate of drug-likeness (QED) is 0.420. The number of benzene rings is 2. The number of aryl methyl sites for hydroxylation is 1. The smallest absolute Gasteiger partial charge is 0.228 e. The molecule has 1 unspecified atom stereocenters. The zero-order chi connectivity index (χ0) is 21.1. The van der Waals surface area contributed by atoms with E-state index in [1.807, 2.05) is 67.0 Å². The third-order valence-electron chi connectivity index (χ3n) is 4.86. The van der Waals surface area contributed by atoms with Gasteiger partial charge >= 0.3 is 0 Å². The standard InChI is InChI=1S/C23H22N4O2S/c1-14-7-9-16(10-8-14)20(25-15(2)28)11-22(29)27-23-26-21(13-30-23)18-12-24-19-6-4-3-5-17(18)19/h3-10,12-13,20,24H,11H2,1-2H3,(H,25,28)(H,26,27,29). The molecule has 2 aromatic carbocycles. The first kappa shape index (κ1) is 19.8. The second-order valence-corrected chi connectivity index (χ2v) is 8.06. The molecule has 0 bridgehead atoms. The summed E-state index contributed by atoms with van der Waals surface area (Å²) in [6.45, 7) is 3.45. The second-order valence-electron chi connectivity index (χ2n) is 7.20. The van der Waals surface area contributed by atoms with E-state index in [2.05, 4.69) is 20.6 Å². The monoisotopic (exact) mass is 418 g/mol. The van der Waals surface area contributed by atoms with Gasteiger partial charge in [-0.25, -0.2) is 4.98 Å². The van der Waals surface area contributed by atoms with Gasteiger partial charge in [0.1, 0.15) is 0 Å². The molecule has 0 fully saturated rings. The van der Waals surface area contributed by atoms with Crippen molar-refractivity contribution in [3.05, 3.63) is 71.2 Å². The van der Waals surface area contributed by atoms with E-state index in [9.17, 15) is 9.59 Å². The van der Waals surface area contributed by atoms with Gasteiger partial charge in [0.25, 0.3) is 0 Å². The molecule has 0 aliphatic carbocycles. The summed E-state index contributed by atoms with van der Waals surface area (Å²) < 4.78 is 0. The number of carbonyl (C=O) groups excluding carboxylic acids is 2. The third kappa shape index (κ3) is 4.41. The number of nitrogens with one attached hydrogen (secondary N) is 3. The minimum Gasteiger partial charge on any atom is -0.360 e. The van der Waals surface area contributed by atoms with E-state index >= 15 is 0 Å². The fourth-order valence-electron chi connectivity index (χ4n) is 3.39. The summed E-state index contributed by atoms with van der Waals surface area (Å²) >= 11 is 1.38. The summed E-state index contributed by atoms with van der Waals surface area (Å²) in [6, 6.07) is 15.4. The van der Waals surface area contributed by atoms with Gasteiger partial charge in [0, 0.05) is 35.0 Å². The first-order valence-electron chi connectivity index (χ1n) is 9.65. The highest BCUT2D eigenvalue weighted by Gasteiger charge is 2.18. The first-order chi connectivity index (χ1) is 14.5. The Hall–Kier alpha value is -3.45. The third-order valence-corrected chi connectivity index (χ3v) is 5.62. The highest BCUT2D eigenvalue weighted by Crippen LogP contribution is 2.31. The molecule has 1 atom stereocenters. The molecule has 0 aliphatic heterocycles. The molecule has 2 amide bonds. The minimum atomic E-state index is -0.392. The van der Waals surface area contributed by atoms with Crippen LogP contribution in [0.1, 0.15) is 30.5 Å². The van der Waals surface area contributed by atoms with Gasteiger partial charge in [-0.1, -0.05) is 48.0 Å². The molecule has 2 aromatic heterocycles. The molecule has 0 spiro atoms. The molecule has 4 aromatic rings. The number of amides is 2. The van der Waals surface area contributed by atoms with Crippen molar-refractivity contribution in [1.82, 2.24) is 15.3 Å². The lowest BCUT2D eigenvalue weighted by molar-refractivity contribution is -0.120. The first-order valence-corrected chi connectivity index (χ1v) is 10.5. The van der Waals surface area contributed by atoms with E-state index in [1.165, 1.54) is 18.3 Å². The summed E-state index contributed by atoms with van der Waals surface area (Å²) in [5, 5.41) is 9.27. The predicted octanol–water partition coefficient (Wildman–Crippen LogP) is 4.81. The van der Waals surface area contributed by atoms with Crippen LogP contribution in [-0.4, -0.2) is 21.8 Å². The summed E-state index contributed by atoms with van der Waals surface area (Å²) in [5.74, 6) is -0.376. The van der Waals surface area contributed by atoms with Gasteiger partial charge in [0.15, 0.2) is 5.13 Å². The molecular weight excluding hydrogens is 396 g/mol. The summed E-state index contributed by atoms with van der Waals surface area (Å²) in [4.78, 5) is 32.1. The maximum atomic E-state index is 12.7. The molecule has 4 rings (SSSR count). The van der Waals surface area contributed by atoms with Crippen molar-refractivity contribution in [2.45, 2.75) is 26.3 Å². The zero-order valence-electron chi connectivity index (χ0n) is 16.7. The van der Waals surface area contributed by atoms with Gasteiger partial charge in [-0.3, -0.25) is 9.59 Å². The molecule has 6 nitrogen and oxygen atoms in total. The van der Waals surface area contributed by atoms with Crippen molar-refractivity contribution in [2.24, 2.45) is 0 Å². The van der Waals surface area contributed by atoms with E-state index in [0.29, 0.717) is 5.13 Å². The van der Waals surface area contributed by atoms with Crippen molar-refractivity contribution in [3.8, 4) is 11.3 Å². The van der Waals surface area contributed by atoms with Gasteiger partial charge in [0.05, 0.1) is 18.2 Å². The summed E-state index contributed by atoms with van der Waals surface area (Å²) in [5.41, 5.74) is 4.87. The molecule has 7 heteroatoms. The number of hydrogen-bond donors (Lipinski definition) is 3. The Balaban J connectivity index is 1.48. The van der Waals surface area contributed by atoms with Gasteiger partial charge in [0.2, 0.25) is 11.8 Å². The predicted molar refractivity (Wildman–Crippen MR) is 120 cm³/mol. The van der Waals surface area contributed by atoms with E-state index < -0.39 is 6.04 Å². The Labute approximate surface area is 178 Å². The molecule has 2 heterocycles. The number of rotatable bonds is 6. The molecule has 3 N–H and O–H groups in total. The Morgan fingerprint density at radius 3 is 2.67 bits per heavy atom. The van der Waals surface area contributed by atoms with Gasteiger partial charge in [-0.2, -0.15) is 0 Å². The van der Waals surface area contributed by atoms with Gasteiger partial charge < -0.3 is 15.6 Å². The van der Waals surface area contributed by atoms with Crippen molar-refractivity contribution in [2.75, 3.05) is 5.32 Å². The summed E-state index contributed by atoms with van der Waals surface area (Å²) in [6.07, 6.45) is 2.06. The van der Waals surface area contributed by atoms with Crippen LogP contribution in [0.25, 0.3) is 22.2 Å². The van der Waals surface area contributed by atoms with Crippen LogP contribution in [0.5, 0.6) is 0 Å². The number of H-pyrrole nitrogens is 1. The maximum absolute atomic E-state index is 12.7. The molecule has 0 aliphatic rings. The van der Waals surface area contributed by atoms with Crippen LogP contribution in [0.15, 0.2) is 60.1 Å². The second kappa shape index (κ2) is 8.51. The number of aromatic nitrogens is 2. The van der Waals surface area contributed by atoms with Crippen molar-refractivity contribution in [1.29, 1.82) is 0 Å². The van der Waals surface area contributed by atoms with Crippen LogP contribution in [-0.2, 0) is 9.59 Å².